The lowest BCUT2D eigenvalue weighted by atomic mass is 9.99. The molecule has 0 bridgehead atoms. The molecule has 1 aromatic heterocycles. The van der Waals surface area contributed by atoms with Crippen molar-refractivity contribution in [2.45, 2.75) is 70.9 Å². The Morgan fingerprint density at radius 2 is 1.64 bits per heavy atom. The molecule has 1 heterocycles. The smallest absolute Gasteiger partial charge is 0.390 e. The molecule has 0 fully saturated rings. The average Bonchev–Trinajstić information content (AvgIpc) is 3.35. The van der Waals surface area contributed by atoms with Crippen molar-refractivity contribution < 1.29 is 36.6 Å². The number of benzene rings is 3. The van der Waals surface area contributed by atoms with E-state index in [2.05, 4.69) is 10.6 Å². The number of aromatic nitrogens is 1. The molecule has 0 aliphatic heterocycles. The molecule has 4 rings (SSSR count). The molecule has 0 aliphatic carbocycles. The molecule has 0 saturated heterocycles. The van der Waals surface area contributed by atoms with Gasteiger partial charge in [0.15, 0.2) is 0 Å². The first-order valence-corrected chi connectivity index (χ1v) is 14.9. The molecule has 0 saturated carbocycles. The first kappa shape index (κ1) is 33.8. The van der Waals surface area contributed by atoms with Gasteiger partial charge in [-0.05, 0) is 60.2 Å². The Hall–Kier alpha value is -4.09. The Balaban J connectivity index is 1.59. The lowest BCUT2D eigenvalue weighted by Crippen LogP contribution is -2.48. The van der Waals surface area contributed by atoms with Crippen LogP contribution in [-0.4, -0.2) is 46.2 Å². The number of fused-ring (bicyclic) bond motifs is 1. The molecule has 3 N–H and O–H groups in total. The van der Waals surface area contributed by atoms with E-state index >= 15 is 0 Å². The molecule has 0 radical (unpaired) electrons. The third-order valence-electron chi connectivity index (χ3n) is 7.64. The van der Waals surface area contributed by atoms with Gasteiger partial charge >= 0.3 is 6.18 Å². The summed E-state index contributed by atoms with van der Waals surface area (Å²) >= 11 is 0. The summed E-state index contributed by atoms with van der Waals surface area (Å²) in [6, 6.07) is 13.9. The molecule has 3 aromatic carbocycles. The first-order chi connectivity index (χ1) is 21.4. The Morgan fingerprint density at radius 3 is 2.31 bits per heavy atom. The van der Waals surface area contributed by atoms with Gasteiger partial charge in [0.1, 0.15) is 11.6 Å². The predicted octanol–water partition coefficient (Wildman–Crippen LogP) is 6.52. The van der Waals surface area contributed by atoms with Gasteiger partial charge in [0.2, 0.25) is 0 Å². The fourth-order valence-electron chi connectivity index (χ4n) is 5.26. The second-order valence-corrected chi connectivity index (χ2v) is 11.1. The molecule has 2 atom stereocenters. The standard InChI is InChI=1S/C34H36F5N3O3/c1-3-5-11-42-20-28(32(44)34(37,38)39)27-10-9-24(16-30(27)42)33(45)41-29(15-23-13-25(35)17-26(36)14-23)31(43)19-40-18-22-8-6-7-21(4-2)12-22/h6-10,12-14,16-17,20,29,31,40,43H,3-5,11,15,18-19H2,1-2H3,(H,41,45). The van der Waals surface area contributed by atoms with Crippen LogP contribution in [0.25, 0.3) is 10.9 Å². The number of aliphatic hydroxyl groups is 1. The number of hydrogen-bond acceptors (Lipinski definition) is 4. The normalized spacial score (nSPS) is 13.2. The van der Waals surface area contributed by atoms with Gasteiger partial charge in [-0.1, -0.05) is 50.6 Å². The number of halogens is 5. The minimum absolute atomic E-state index is 0.0426. The summed E-state index contributed by atoms with van der Waals surface area (Å²) in [6.45, 7) is 4.77. The third-order valence-corrected chi connectivity index (χ3v) is 7.64. The summed E-state index contributed by atoms with van der Waals surface area (Å²) in [5.74, 6) is -4.23. The number of nitrogens with zero attached hydrogens (tertiary/aromatic N) is 1. The molecule has 0 aliphatic rings. The van der Waals surface area contributed by atoms with Crippen molar-refractivity contribution in [2.75, 3.05) is 6.54 Å². The summed E-state index contributed by atoms with van der Waals surface area (Å²) in [5, 5.41) is 17.1. The molecule has 11 heteroatoms. The highest BCUT2D eigenvalue weighted by Gasteiger charge is 2.41. The van der Waals surface area contributed by atoms with E-state index in [1.54, 1.807) is 0 Å². The van der Waals surface area contributed by atoms with Crippen LogP contribution < -0.4 is 10.6 Å². The van der Waals surface area contributed by atoms with Gasteiger partial charge in [-0.25, -0.2) is 8.78 Å². The molecule has 4 aromatic rings. The zero-order valence-electron chi connectivity index (χ0n) is 25.1. The number of hydrogen-bond donors (Lipinski definition) is 3. The minimum atomic E-state index is -5.06. The topological polar surface area (TPSA) is 83.4 Å². The van der Waals surface area contributed by atoms with Gasteiger partial charge in [0, 0.05) is 48.4 Å². The van der Waals surface area contributed by atoms with Crippen LogP contribution in [0.1, 0.15) is 64.1 Å². The van der Waals surface area contributed by atoms with E-state index in [1.165, 1.54) is 22.8 Å². The Morgan fingerprint density at radius 1 is 0.933 bits per heavy atom. The van der Waals surface area contributed by atoms with Crippen LogP contribution in [-0.2, 0) is 25.9 Å². The van der Waals surface area contributed by atoms with Crippen LogP contribution >= 0.6 is 0 Å². The van der Waals surface area contributed by atoms with E-state index in [4.69, 9.17) is 0 Å². The van der Waals surface area contributed by atoms with Crippen molar-refractivity contribution in [3.05, 3.63) is 106 Å². The summed E-state index contributed by atoms with van der Waals surface area (Å²) in [7, 11) is 0. The average molecular weight is 630 g/mol. The van der Waals surface area contributed by atoms with Crippen LogP contribution in [0.4, 0.5) is 22.0 Å². The second-order valence-electron chi connectivity index (χ2n) is 11.1. The number of unbranched alkanes of at least 4 members (excludes halogenated alkanes) is 1. The van der Waals surface area contributed by atoms with Gasteiger partial charge in [-0.15, -0.1) is 0 Å². The number of amides is 1. The number of carbonyl (C=O) groups excluding carboxylic acids is 2. The van der Waals surface area contributed by atoms with Gasteiger partial charge < -0.3 is 20.3 Å². The van der Waals surface area contributed by atoms with Gasteiger partial charge in [0.25, 0.3) is 11.7 Å². The van der Waals surface area contributed by atoms with Crippen LogP contribution in [0.5, 0.6) is 0 Å². The summed E-state index contributed by atoms with van der Waals surface area (Å²) in [4.78, 5) is 25.6. The zero-order valence-corrected chi connectivity index (χ0v) is 25.1. The first-order valence-electron chi connectivity index (χ1n) is 14.9. The van der Waals surface area contributed by atoms with E-state index in [0.717, 1.165) is 48.4 Å². The molecule has 45 heavy (non-hydrogen) atoms. The maximum absolute atomic E-state index is 14.0. The number of aliphatic hydroxyl groups excluding tert-OH is 1. The number of ketones is 1. The lowest BCUT2D eigenvalue weighted by molar-refractivity contribution is -0.0884. The highest BCUT2D eigenvalue weighted by atomic mass is 19.4. The van der Waals surface area contributed by atoms with Crippen molar-refractivity contribution in [1.29, 1.82) is 0 Å². The number of carbonyl (C=O) groups is 2. The lowest BCUT2D eigenvalue weighted by Gasteiger charge is -2.25. The molecule has 1 amide bonds. The van der Waals surface area contributed by atoms with Crippen LogP contribution in [0.3, 0.4) is 0 Å². The van der Waals surface area contributed by atoms with Crippen molar-refractivity contribution in [2.24, 2.45) is 0 Å². The number of nitrogens with one attached hydrogen (secondary N) is 2. The monoisotopic (exact) mass is 629 g/mol. The molecule has 6 nitrogen and oxygen atoms in total. The maximum Gasteiger partial charge on any atom is 0.454 e. The van der Waals surface area contributed by atoms with Gasteiger partial charge in [-0.3, -0.25) is 9.59 Å². The molecule has 2 unspecified atom stereocenters. The maximum atomic E-state index is 14.0. The third kappa shape index (κ3) is 8.76. The fourth-order valence-corrected chi connectivity index (χ4v) is 5.26. The van der Waals surface area contributed by atoms with Crippen LogP contribution in [0.2, 0.25) is 0 Å². The van der Waals surface area contributed by atoms with Crippen molar-refractivity contribution in [3.63, 3.8) is 0 Å². The number of alkyl halides is 3. The molecule has 0 spiro atoms. The largest absolute Gasteiger partial charge is 0.454 e. The molecule has 240 valence electrons. The van der Waals surface area contributed by atoms with Crippen molar-refractivity contribution in [3.8, 4) is 0 Å². The predicted molar refractivity (Wildman–Crippen MR) is 162 cm³/mol. The summed E-state index contributed by atoms with van der Waals surface area (Å²) < 4.78 is 69.4. The quantitative estimate of drug-likeness (QED) is 0.110. The zero-order chi connectivity index (χ0) is 32.7. The van der Waals surface area contributed by atoms with E-state index in [0.29, 0.717) is 19.5 Å². The Labute approximate surface area is 258 Å². The summed E-state index contributed by atoms with van der Waals surface area (Å²) in [5.41, 5.74) is 2.22. The van der Waals surface area contributed by atoms with Crippen molar-refractivity contribution in [1.82, 2.24) is 15.2 Å². The highest BCUT2D eigenvalue weighted by molar-refractivity contribution is 6.11. The van der Waals surface area contributed by atoms with E-state index in [-0.39, 0.29) is 35.0 Å². The van der Waals surface area contributed by atoms with E-state index in [1.807, 2.05) is 38.1 Å². The summed E-state index contributed by atoms with van der Waals surface area (Å²) in [6.07, 6.45) is -2.94. The minimum Gasteiger partial charge on any atom is -0.390 e. The number of aryl methyl sites for hydroxylation is 2. The van der Waals surface area contributed by atoms with Gasteiger partial charge in [-0.2, -0.15) is 13.2 Å². The van der Waals surface area contributed by atoms with Crippen LogP contribution in [0, 0.1) is 11.6 Å². The highest BCUT2D eigenvalue weighted by Crippen LogP contribution is 2.30. The Bertz CT molecular complexity index is 1630. The molecular formula is C34H36F5N3O3. The Kier molecular flexibility index (Phi) is 11.1. The number of Topliss-reactive ketones (excluding diaryl/α,β-unsaturated/α-hetero) is 1. The molecular weight excluding hydrogens is 593 g/mol. The van der Waals surface area contributed by atoms with Crippen molar-refractivity contribution >= 4 is 22.6 Å². The van der Waals surface area contributed by atoms with Gasteiger partial charge in [0.05, 0.1) is 17.7 Å². The van der Waals surface area contributed by atoms with E-state index in [9.17, 15) is 36.6 Å². The number of rotatable bonds is 14. The van der Waals surface area contributed by atoms with E-state index < -0.39 is 47.2 Å². The SMILES string of the molecule is CCCCn1cc(C(=O)C(F)(F)F)c2ccc(C(=O)NC(Cc3cc(F)cc(F)c3)C(O)CNCc3cccc(CC)c3)cc21. The fraction of sp³-hybridized carbons (Fsp3) is 0.353. The second kappa shape index (κ2) is 14.8. The van der Waals surface area contributed by atoms with Crippen LogP contribution in [0.15, 0.2) is 66.9 Å².